The SMILES string of the molecule is O[C@H]1CC[C@H](Nc2cc(-n3nc(Cl)c4ccccc43)ccn2)CC1. The molecule has 0 radical (unpaired) electrons. The maximum absolute atomic E-state index is 9.62. The predicted octanol–water partition coefficient (Wildman–Crippen LogP) is 3.79. The second-order valence-corrected chi connectivity index (χ2v) is 6.63. The van der Waals surface area contributed by atoms with Gasteiger partial charge in [0.25, 0.3) is 0 Å². The molecule has 1 fully saturated rings. The molecule has 0 aliphatic heterocycles. The molecule has 2 N–H and O–H groups in total. The Morgan fingerprint density at radius 2 is 1.92 bits per heavy atom. The van der Waals surface area contributed by atoms with Crippen molar-refractivity contribution in [1.29, 1.82) is 0 Å². The number of aromatic nitrogens is 3. The minimum Gasteiger partial charge on any atom is -0.393 e. The highest BCUT2D eigenvalue weighted by molar-refractivity contribution is 6.34. The molecule has 2 heterocycles. The Bertz CT molecular complexity index is 855. The molecular formula is C18H19ClN4O. The molecule has 0 amide bonds. The Labute approximate surface area is 145 Å². The van der Waals surface area contributed by atoms with Crippen LogP contribution in [0.25, 0.3) is 16.6 Å². The highest BCUT2D eigenvalue weighted by atomic mass is 35.5. The molecule has 0 unspecified atom stereocenters. The lowest BCUT2D eigenvalue weighted by molar-refractivity contribution is 0.126. The summed E-state index contributed by atoms with van der Waals surface area (Å²) in [5.41, 5.74) is 1.90. The zero-order valence-electron chi connectivity index (χ0n) is 13.2. The predicted molar refractivity (Wildman–Crippen MR) is 95.8 cm³/mol. The third kappa shape index (κ3) is 2.97. The molecule has 0 atom stereocenters. The molecule has 24 heavy (non-hydrogen) atoms. The second-order valence-electron chi connectivity index (χ2n) is 6.27. The van der Waals surface area contributed by atoms with Gasteiger partial charge in [-0.3, -0.25) is 0 Å². The highest BCUT2D eigenvalue weighted by Gasteiger charge is 2.19. The highest BCUT2D eigenvalue weighted by Crippen LogP contribution is 2.26. The lowest BCUT2D eigenvalue weighted by Gasteiger charge is -2.26. The van der Waals surface area contributed by atoms with E-state index in [-0.39, 0.29) is 6.10 Å². The van der Waals surface area contributed by atoms with Crippen LogP contribution in [0.5, 0.6) is 0 Å². The fraction of sp³-hybridized carbons (Fsp3) is 0.333. The molecule has 0 saturated heterocycles. The minimum atomic E-state index is -0.153. The number of fused-ring (bicyclic) bond motifs is 1. The van der Waals surface area contributed by atoms with Crippen LogP contribution in [0, 0.1) is 0 Å². The van der Waals surface area contributed by atoms with E-state index >= 15 is 0 Å². The number of aliphatic hydroxyl groups is 1. The van der Waals surface area contributed by atoms with Gasteiger partial charge < -0.3 is 10.4 Å². The largest absolute Gasteiger partial charge is 0.393 e. The second kappa shape index (κ2) is 6.42. The van der Waals surface area contributed by atoms with Gasteiger partial charge in [-0.05, 0) is 43.9 Å². The van der Waals surface area contributed by atoms with Crippen LogP contribution in [-0.2, 0) is 0 Å². The van der Waals surface area contributed by atoms with Crippen LogP contribution in [-0.4, -0.2) is 32.0 Å². The van der Waals surface area contributed by atoms with Crippen LogP contribution in [0.15, 0.2) is 42.6 Å². The molecule has 1 aromatic carbocycles. The monoisotopic (exact) mass is 342 g/mol. The zero-order chi connectivity index (χ0) is 16.5. The normalized spacial score (nSPS) is 21.1. The fourth-order valence-electron chi connectivity index (χ4n) is 3.28. The van der Waals surface area contributed by atoms with Crippen molar-refractivity contribution in [2.45, 2.75) is 37.8 Å². The van der Waals surface area contributed by atoms with Crippen molar-refractivity contribution in [3.05, 3.63) is 47.7 Å². The van der Waals surface area contributed by atoms with Crippen LogP contribution in [0.1, 0.15) is 25.7 Å². The Balaban J connectivity index is 1.62. The topological polar surface area (TPSA) is 63.0 Å². The van der Waals surface area contributed by atoms with Crippen molar-refractivity contribution in [3.8, 4) is 5.69 Å². The van der Waals surface area contributed by atoms with Gasteiger partial charge in [0.2, 0.25) is 0 Å². The van der Waals surface area contributed by atoms with Crippen molar-refractivity contribution in [2.24, 2.45) is 0 Å². The number of hydrogen-bond donors (Lipinski definition) is 2. The molecule has 6 heteroatoms. The number of hydrogen-bond acceptors (Lipinski definition) is 4. The quantitative estimate of drug-likeness (QED) is 0.760. The van der Waals surface area contributed by atoms with E-state index in [0.717, 1.165) is 48.1 Å². The summed E-state index contributed by atoms with van der Waals surface area (Å²) in [7, 11) is 0. The summed E-state index contributed by atoms with van der Waals surface area (Å²) < 4.78 is 1.84. The van der Waals surface area contributed by atoms with Crippen LogP contribution < -0.4 is 5.32 Å². The molecule has 1 aliphatic rings. The van der Waals surface area contributed by atoms with Gasteiger partial charge in [0.15, 0.2) is 5.15 Å². The number of benzene rings is 1. The average Bonchev–Trinajstić information content (AvgIpc) is 2.95. The van der Waals surface area contributed by atoms with E-state index < -0.39 is 0 Å². The first kappa shape index (κ1) is 15.4. The first-order valence-corrected chi connectivity index (χ1v) is 8.63. The van der Waals surface area contributed by atoms with E-state index in [4.69, 9.17) is 11.6 Å². The third-order valence-corrected chi connectivity index (χ3v) is 4.86. The number of nitrogens with one attached hydrogen (secondary N) is 1. The summed E-state index contributed by atoms with van der Waals surface area (Å²) in [5.74, 6) is 0.824. The van der Waals surface area contributed by atoms with E-state index in [1.165, 1.54) is 0 Å². The molecule has 1 saturated carbocycles. The van der Waals surface area contributed by atoms with Crippen LogP contribution in [0.2, 0.25) is 5.15 Å². The van der Waals surface area contributed by atoms with Gasteiger partial charge in [0, 0.05) is 23.7 Å². The summed E-state index contributed by atoms with van der Waals surface area (Å²) in [4.78, 5) is 4.42. The van der Waals surface area contributed by atoms with Gasteiger partial charge in [0.05, 0.1) is 17.3 Å². The van der Waals surface area contributed by atoms with E-state index in [0.29, 0.717) is 11.2 Å². The molecule has 2 aromatic heterocycles. The van der Waals surface area contributed by atoms with Gasteiger partial charge >= 0.3 is 0 Å². The summed E-state index contributed by atoms with van der Waals surface area (Å²) in [6.45, 7) is 0. The van der Waals surface area contributed by atoms with Crippen LogP contribution in [0.4, 0.5) is 5.82 Å². The standard InChI is InChI=1S/C18H19ClN4O/c19-18-15-3-1-2-4-16(15)23(22-18)13-9-10-20-17(11-13)21-12-5-7-14(24)8-6-12/h1-4,9-12,14,24H,5-8H2,(H,20,21)/t12-,14-. The number of nitrogens with zero attached hydrogens (tertiary/aromatic N) is 3. The average molecular weight is 343 g/mol. The van der Waals surface area contributed by atoms with Gasteiger partial charge in [-0.1, -0.05) is 23.7 Å². The van der Waals surface area contributed by atoms with Crippen molar-refractivity contribution in [2.75, 3.05) is 5.32 Å². The maximum Gasteiger partial charge on any atom is 0.159 e. The van der Waals surface area contributed by atoms with Gasteiger partial charge in [0.1, 0.15) is 5.82 Å². The Morgan fingerprint density at radius 1 is 1.12 bits per heavy atom. The zero-order valence-corrected chi connectivity index (χ0v) is 13.9. The van der Waals surface area contributed by atoms with Gasteiger partial charge in [-0.2, -0.15) is 5.10 Å². The summed E-state index contributed by atoms with van der Waals surface area (Å²) >= 11 is 6.25. The summed E-state index contributed by atoms with van der Waals surface area (Å²) in [6.07, 6.45) is 5.24. The number of pyridine rings is 1. The van der Waals surface area contributed by atoms with Crippen molar-refractivity contribution < 1.29 is 5.11 Å². The fourth-order valence-corrected chi connectivity index (χ4v) is 3.52. The number of aliphatic hydroxyl groups excluding tert-OH is 1. The lowest BCUT2D eigenvalue weighted by Crippen LogP contribution is -2.28. The van der Waals surface area contributed by atoms with Crippen molar-refractivity contribution in [3.63, 3.8) is 0 Å². The summed E-state index contributed by atoms with van der Waals surface area (Å²) in [6, 6.07) is 12.2. The van der Waals surface area contributed by atoms with E-state index in [1.807, 2.05) is 41.1 Å². The van der Waals surface area contributed by atoms with Crippen LogP contribution in [0.3, 0.4) is 0 Å². The molecule has 3 aromatic rings. The third-order valence-electron chi connectivity index (χ3n) is 4.58. The summed E-state index contributed by atoms with van der Waals surface area (Å²) in [5, 5.41) is 19.0. The van der Waals surface area contributed by atoms with E-state index in [9.17, 15) is 5.11 Å². The maximum atomic E-state index is 9.62. The molecule has 5 nitrogen and oxygen atoms in total. The molecule has 0 bridgehead atoms. The van der Waals surface area contributed by atoms with E-state index in [2.05, 4.69) is 15.4 Å². The molecule has 0 spiro atoms. The number of halogens is 1. The molecular weight excluding hydrogens is 324 g/mol. The van der Waals surface area contributed by atoms with Crippen molar-refractivity contribution >= 4 is 28.3 Å². The lowest BCUT2D eigenvalue weighted by atomic mass is 9.93. The number of anilines is 1. The number of para-hydroxylation sites is 1. The van der Waals surface area contributed by atoms with Gasteiger partial charge in [-0.25, -0.2) is 9.67 Å². The Morgan fingerprint density at radius 3 is 2.75 bits per heavy atom. The Hall–Kier alpha value is -2.11. The first-order chi connectivity index (χ1) is 11.7. The Kier molecular flexibility index (Phi) is 4.12. The minimum absolute atomic E-state index is 0.153. The van der Waals surface area contributed by atoms with Crippen LogP contribution >= 0.6 is 11.6 Å². The smallest absolute Gasteiger partial charge is 0.159 e. The van der Waals surface area contributed by atoms with Crippen molar-refractivity contribution in [1.82, 2.24) is 14.8 Å². The first-order valence-electron chi connectivity index (χ1n) is 8.25. The van der Waals surface area contributed by atoms with Gasteiger partial charge in [-0.15, -0.1) is 0 Å². The number of rotatable bonds is 3. The molecule has 1 aliphatic carbocycles. The molecule has 124 valence electrons. The van der Waals surface area contributed by atoms with E-state index in [1.54, 1.807) is 6.20 Å². The molecule has 4 rings (SSSR count).